The molecule has 4 amide bonds. The van der Waals surface area contributed by atoms with E-state index in [9.17, 15) is 9.59 Å². The van der Waals surface area contributed by atoms with Crippen molar-refractivity contribution in [1.82, 2.24) is 9.80 Å². The van der Waals surface area contributed by atoms with Gasteiger partial charge in [0.1, 0.15) is 0 Å². The quantitative estimate of drug-likeness (QED) is 0.848. The predicted octanol–water partition coefficient (Wildman–Crippen LogP) is 2.98. The van der Waals surface area contributed by atoms with Gasteiger partial charge in [0.15, 0.2) is 0 Å². The standard InChI is InChI=1S/C19H28N4O3/c1-21(10-4-8-17-9-5-13-26-17)18(24)20-15-6-3-7-16(14-15)23-12-11-22(2)19(23)25/h3,6-7,14,17H,4-5,8-13H2,1-2H3,(H,20,24). The molecule has 0 saturated carbocycles. The molecular formula is C19H28N4O3. The third-order valence-corrected chi connectivity index (χ3v) is 5.02. The van der Waals surface area contributed by atoms with Gasteiger partial charge in [0, 0.05) is 51.7 Å². The fourth-order valence-electron chi connectivity index (χ4n) is 3.39. The minimum absolute atomic E-state index is 0.0141. The van der Waals surface area contributed by atoms with Crippen molar-refractivity contribution in [3.63, 3.8) is 0 Å². The summed E-state index contributed by atoms with van der Waals surface area (Å²) in [5.74, 6) is 0. The normalized spacial score (nSPS) is 19.9. The third kappa shape index (κ3) is 4.46. The maximum Gasteiger partial charge on any atom is 0.324 e. The number of hydrogen-bond acceptors (Lipinski definition) is 3. The summed E-state index contributed by atoms with van der Waals surface area (Å²) in [4.78, 5) is 29.6. The van der Waals surface area contributed by atoms with E-state index in [4.69, 9.17) is 4.74 Å². The zero-order valence-electron chi connectivity index (χ0n) is 15.6. The number of nitrogens with one attached hydrogen (secondary N) is 1. The third-order valence-electron chi connectivity index (χ3n) is 5.02. The molecular weight excluding hydrogens is 332 g/mol. The zero-order chi connectivity index (χ0) is 18.5. The molecule has 0 radical (unpaired) electrons. The Morgan fingerprint density at radius 3 is 2.92 bits per heavy atom. The topological polar surface area (TPSA) is 65.1 Å². The molecule has 3 rings (SSSR count). The maximum atomic E-state index is 12.4. The molecule has 2 saturated heterocycles. The summed E-state index contributed by atoms with van der Waals surface area (Å²) in [6.07, 6.45) is 4.57. The van der Waals surface area contributed by atoms with Crippen molar-refractivity contribution in [1.29, 1.82) is 0 Å². The minimum Gasteiger partial charge on any atom is -0.378 e. The van der Waals surface area contributed by atoms with Gasteiger partial charge in [-0.05, 0) is 43.9 Å². The number of benzene rings is 1. The summed E-state index contributed by atoms with van der Waals surface area (Å²) in [7, 11) is 3.59. The van der Waals surface area contributed by atoms with Crippen LogP contribution in [0.15, 0.2) is 24.3 Å². The average Bonchev–Trinajstić information content (AvgIpc) is 3.26. The van der Waals surface area contributed by atoms with E-state index >= 15 is 0 Å². The maximum absolute atomic E-state index is 12.4. The Balaban J connectivity index is 1.50. The van der Waals surface area contributed by atoms with Crippen LogP contribution in [0.25, 0.3) is 0 Å². The van der Waals surface area contributed by atoms with Gasteiger partial charge in [0.05, 0.1) is 6.10 Å². The number of urea groups is 2. The summed E-state index contributed by atoms with van der Waals surface area (Å²) < 4.78 is 5.61. The molecule has 7 heteroatoms. The Hall–Kier alpha value is -2.28. The van der Waals surface area contributed by atoms with Crippen molar-refractivity contribution in [2.45, 2.75) is 31.8 Å². The molecule has 2 heterocycles. The van der Waals surface area contributed by atoms with Crippen molar-refractivity contribution < 1.29 is 14.3 Å². The second-order valence-electron chi connectivity index (χ2n) is 7.04. The summed E-state index contributed by atoms with van der Waals surface area (Å²) in [6.45, 7) is 2.94. The Morgan fingerprint density at radius 1 is 1.38 bits per heavy atom. The second-order valence-corrected chi connectivity index (χ2v) is 7.04. The highest BCUT2D eigenvalue weighted by Crippen LogP contribution is 2.23. The van der Waals surface area contributed by atoms with E-state index in [0.29, 0.717) is 31.4 Å². The molecule has 1 N–H and O–H groups in total. The largest absolute Gasteiger partial charge is 0.378 e. The van der Waals surface area contributed by atoms with Crippen LogP contribution in [0.2, 0.25) is 0 Å². The van der Waals surface area contributed by atoms with Crippen LogP contribution in [0.3, 0.4) is 0 Å². The van der Waals surface area contributed by atoms with E-state index in [1.54, 1.807) is 28.8 Å². The van der Waals surface area contributed by atoms with Gasteiger partial charge in [0.25, 0.3) is 0 Å². The van der Waals surface area contributed by atoms with Gasteiger partial charge < -0.3 is 19.9 Å². The van der Waals surface area contributed by atoms with Crippen LogP contribution in [-0.4, -0.2) is 68.3 Å². The van der Waals surface area contributed by atoms with E-state index < -0.39 is 0 Å². The van der Waals surface area contributed by atoms with Crippen LogP contribution in [0.4, 0.5) is 21.0 Å². The van der Waals surface area contributed by atoms with Gasteiger partial charge in [0.2, 0.25) is 0 Å². The SMILES string of the molecule is CN(CCCC1CCCO1)C(=O)Nc1cccc(N2CCN(C)C2=O)c1. The zero-order valence-corrected chi connectivity index (χ0v) is 15.6. The Labute approximate surface area is 154 Å². The summed E-state index contributed by atoms with van der Waals surface area (Å²) >= 11 is 0. The van der Waals surface area contributed by atoms with Crippen LogP contribution in [0.5, 0.6) is 0 Å². The predicted molar refractivity (Wildman–Crippen MR) is 102 cm³/mol. The highest BCUT2D eigenvalue weighted by atomic mass is 16.5. The van der Waals surface area contributed by atoms with Crippen LogP contribution in [-0.2, 0) is 4.74 Å². The fraction of sp³-hybridized carbons (Fsp3) is 0.579. The highest BCUT2D eigenvalue weighted by Gasteiger charge is 2.26. The first kappa shape index (κ1) is 18.5. The molecule has 2 aliphatic heterocycles. The Kier molecular flexibility index (Phi) is 5.98. The summed E-state index contributed by atoms with van der Waals surface area (Å²) in [5.41, 5.74) is 1.50. The monoisotopic (exact) mass is 360 g/mol. The number of ether oxygens (including phenoxy) is 1. The van der Waals surface area contributed by atoms with E-state index in [1.807, 2.05) is 24.3 Å². The number of carbonyl (C=O) groups is 2. The fourth-order valence-corrected chi connectivity index (χ4v) is 3.39. The van der Waals surface area contributed by atoms with Crippen molar-refractivity contribution >= 4 is 23.4 Å². The second kappa shape index (κ2) is 8.40. The number of amides is 4. The average molecular weight is 360 g/mol. The molecule has 1 unspecified atom stereocenters. The number of carbonyl (C=O) groups excluding carboxylic acids is 2. The van der Waals surface area contributed by atoms with Gasteiger partial charge >= 0.3 is 12.1 Å². The highest BCUT2D eigenvalue weighted by molar-refractivity contribution is 5.95. The molecule has 0 aromatic heterocycles. The smallest absolute Gasteiger partial charge is 0.324 e. The van der Waals surface area contributed by atoms with Crippen molar-refractivity contribution in [3.05, 3.63) is 24.3 Å². The van der Waals surface area contributed by atoms with Crippen LogP contribution >= 0.6 is 0 Å². The van der Waals surface area contributed by atoms with Crippen molar-refractivity contribution in [2.24, 2.45) is 0 Å². The van der Waals surface area contributed by atoms with Gasteiger partial charge in [-0.2, -0.15) is 0 Å². The first-order valence-electron chi connectivity index (χ1n) is 9.31. The van der Waals surface area contributed by atoms with Gasteiger partial charge in [-0.1, -0.05) is 6.07 Å². The first-order valence-corrected chi connectivity index (χ1v) is 9.31. The molecule has 1 aromatic rings. The molecule has 0 bridgehead atoms. The number of hydrogen-bond donors (Lipinski definition) is 1. The molecule has 26 heavy (non-hydrogen) atoms. The van der Waals surface area contributed by atoms with E-state index in [1.165, 1.54) is 0 Å². The Bertz CT molecular complexity index is 645. The lowest BCUT2D eigenvalue weighted by Crippen LogP contribution is -2.32. The first-order chi connectivity index (χ1) is 12.5. The molecule has 0 aliphatic carbocycles. The molecule has 2 fully saturated rings. The van der Waals surface area contributed by atoms with Crippen molar-refractivity contribution in [2.75, 3.05) is 50.6 Å². The molecule has 1 atom stereocenters. The molecule has 0 spiro atoms. The van der Waals surface area contributed by atoms with E-state index in [2.05, 4.69) is 5.32 Å². The van der Waals surface area contributed by atoms with E-state index in [0.717, 1.165) is 38.0 Å². The summed E-state index contributed by atoms with van der Waals surface area (Å²) in [5, 5.41) is 2.91. The number of rotatable bonds is 6. The minimum atomic E-state index is -0.139. The molecule has 2 aliphatic rings. The molecule has 1 aromatic carbocycles. The Morgan fingerprint density at radius 2 is 2.23 bits per heavy atom. The van der Waals surface area contributed by atoms with Crippen LogP contribution in [0.1, 0.15) is 25.7 Å². The van der Waals surface area contributed by atoms with Crippen LogP contribution in [0, 0.1) is 0 Å². The van der Waals surface area contributed by atoms with Crippen molar-refractivity contribution in [3.8, 4) is 0 Å². The lowest BCUT2D eigenvalue weighted by molar-refractivity contribution is 0.101. The lowest BCUT2D eigenvalue weighted by Gasteiger charge is -2.20. The van der Waals surface area contributed by atoms with Crippen LogP contribution < -0.4 is 10.2 Å². The molecule has 7 nitrogen and oxygen atoms in total. The number of nitrogens with zero attached hydrogens (tertiary/aromatic N) is 3. The number of anilines is 2. The van der Waals surface area contributed by atoms with Gasteiger partial charge in [-0.15, -0.1) is 0 Å². The van der Waals surface area contributed by atoms with E-state index in [-0.39, 0.29) is 12.1 Å². The molecule has 142 valence electrons. The van der Waals surface area contributed by atoms with Gasteiger partial charge in [-0.3, -0.25) is 4.90 Å². The van der Waals surface area contributed by atoms with Gasteiger partial charge in [-0.25, -0.2) is 9.59 Å². The summed E-state index contributed by atoms with van der Waals surface area (Å²) in [6, 6.07) is 7.27. The number of likely N-dealkylation sites (N-methyl/N-ethyl adjacent to an activating group) is 1. The lowest BCUT2D eigenvalue weighted by atomic mass is 10.1.